The number of carbonyl (C=O) groups excluding carboxylic acids is 2. The number of halogens is 1. The molecule has 5 aliphatic rings. The van der Waals surface area contributed by atoms with Crippen molar-refractivity contribution < 1.29 is 28.6 Å². The lowest BCUT2D eigenvalue weighted by molar-refractivity contribution is -0.0613. The Labute approximate surface area is 421 Å². The zero-order valence-corrected chi connectivity index (χ0v) is 41.9. The molecule has 13 rings (SSSR count). The van der Waals surface area contributed by atoms with Crippen LogP contribution >= 0.6 is 0 Å². The number of fused-ring (bicyclic) bond motifs is 8. The molecule has 4 N–H and O–H groups in total. The van der Waals surface area contributed by atoms with Gasteiger partial charge in [-0.05, 0) is 131 Å². The maximum atomic E-state index is 14.6. The normalized spacial score (nSPS) is 25.3. The SMILES string of the molecule is CCn1c(-c2nc3cc(C(=O)N4C[C@H]5CC[C@@H]4[C@@H]5N)cc(OC)c3n2CC2CC(C)(O)C2)cc2ccc(N[C@H]3[C@H]4CC[C@@H]3N(C(=O)c3cc(OC)c5c(c3)nc(-c3cc6cccnc6n3CCF)n5C)C4)nc21. The Hall–Kier alpha value is -7.05. The van der Waals surface area contributed by atoms with Gasteiger partial charge in [0, 0.05) is 73.4 Å². The number of aromatic nitrogens is 8. The number of pyridine rings is 2. The van der Waals surface area contributed by atoms with Crippen molar-refractivity contribution in [2.24, 2.45) is 30.5 Å². The Morgan fingerprint density at radius 2 is 1.44 bits per heavy atom. The van der Waals surface area contributed by atoms with Crippen LogP contribution in [-0.2, 0) is 26.7 Å². The highest BCUT2D eigenvalue weighted by molar-refractivity contribution is 6.02. The van der Waals surface area contributed by atoms with Gasteiger partial charge in [-0.1, -0.05) is 0 Å². The van der Waals surface area contributed by atoms with Crippen LogP contribution in [0, 0.1) is 17.8 Å². The van der Waals surface area contributed by atoms with Gasteiger partial charge in [-0.15, -0.1) is 0 Å². The van der Waals surface area contributed by atoms with Crippen LogP contribution in [0.1, 0.15) is 73.1 Å². The third-order valence-corrected chi connectivity index (χ3v) is 17.1. The van der Waals surface area contributed by atoms with E-state index in [0.717, 1.165) is 76.2 Å². The number of ether oxygens (including phenoxy) is 2. The molecular formula is C55H61FN12O5. The number of methoxy groups -OCH3 is 2. The van der Waals surface area contributed by atoms with Crippen molar-refractivity contribution in [2.75, 3.05) is 39.3 Å². The highest BCUT2D eigenvalue weighted by Gasteiger charge is 2.50. The minimum Gasteiger partial charge on any atom is -0.494 e. The minimum atomic E-state index is -0.705. The summed E-state index contributed by atoms with van der Waals surface area (Å²) in [6.07, 6.45) is 6.89. The molecule has 8 heterocycles. The van der Waals surface area contributed by atoms with E-state index in [4.69, 9.17) is 30.2 Å². The highest BCUT2D eigenvalue weighted by Crippen LogP contribution is 2.45. The zero-order chi connectivity index (χ0) is 50.2. The maximum Gasteiger partial charge on any atom is 0.254 e. The molecule has 2 amide bonds. The van der Waals surface area contributed by atoms with Gasteiger partial charge in [0.2, 0.25) is 0 Å². The lowest BCUT2D eigenvalue weighted by atomic mass is 9.72. The third-order valence-electron chi connectivity index (χ3n) is 17.1. The molecule has 2 aliphatic heterocycles. The molecule has 378 valence electrons. The number of rotatable bonds is 13. The van der Waals surface area contributed by atoms with Crippen molar-refractivity contribution >= 4 is 61.8 Å². The number of nitrogens with two attached hydrogens (primary N) is 1. The van der Waals surface area contributed by atoms with Crippen LogP contribution in [0.4, 0.5) is 10.2 Å². The highest BCUT2D eigenvalue weighted by atomic mass is 19.1. The Morgan fingerprint density at radius 3 is 2.11 bits per heavy atom. The largest absolute Gasteiger partial charge is 0.494 e. The Kier molecular flexibility index (Phi) is 10.7. The number of aliphatic hydroxyl groups is 1. The summed E-state index contributed by atoms with van der Waals surface area (Å²) < 4.78 is 34.1. The molecule has 3 saturated carbocycles. The second-order valence-corrected chi connectivity index (χ2v) is 21.5. The Morgan fingerprint density at radius 1 is 0.795 bits per heavy atom. The van der Waals surface area contributed by atoms with Crippen molar-refractivity contribution in [2.45, 2.75) is 102 Å². The number of aryl methyl sites for hydroxylation is 3. The average molecular weight is 989 g/mol. The fourth-order valence-electron chi connectivity index (χ4n) is 13.8. The molecule has 18 heteroatoms. The molecule has 73 heavy (non-hydrogen) atoms. The van der Waals surface area contributed by atoms with Crippen LogP contribution < -0.4 is 20.5 Å². The van der Waals surface area contributed by atoms with E-state index in [9.17, 15) is 19.1 Å². The number of likely N-dealkylation sites (tertiary alicyclic amines) is 2. The fraction of sp³-hybridized carbons (Fsp3) is 0.455. The van der Waals surface area contributed by atoms with E-state index in [-0.39, 0.29) is 54.4 Å². The molecule has 0 spiro atoms. The monoisotopic (exact) mass is 988 g/mol. The van der Waals surface area contributed by atoms with E-state index in [2.05, 4.69) is 38.5 Å². The number of hydrogen-bond acceptors (Lipinski definition) is 11. The quantitative estimate of drug-likeness (QED) is 0.104. The predicted octanol–water partition coefficient (Wildman–Crippen LogP) is 7.40. The molecule has 3 aliphatic carbocycles. The molecule has 6 atom stereocenters. The second kappa shape index (κ2) is 17.0. The number of carbonyl (C=O) groups is 2. The summed E-state index contributed by atoms with van der Waals surface area (Å²) in [5, 5.41) is 16.4. The van der Waals surface area contributed by atoms with Gasteiger partial charge in [-0.25, -0.2) is 24.3 Å². The maximum absolute atomic E-state index is 14.6. The first-order valence-corrected chi connectivity index (χ1v) is 25.9. The summed E-state index contributed by atoms with van der Waals surface area (Å²) in [5.74, 6) is 3.88. The van der Waals surface area contributed by atoms with Gasteiger partial charge >= 0.3 is 0 Å². The van der Waals surface area contributed by atoms with Crippen molar-refractivity contribution in [3.63, 3.8) is 0 Å². The summed E-state index contributed by atoms with van der Waals surface area (Å²) in [6.45, 7) is 6.10. The van der Waals surface area contributed by atoms with Gasteiger partial charge in [0.1, 0.15) is 46.3 Å². The van der Waals surface area contributed by atoms with E-state index in [1.165, 1.54) is 0 Å². The van der Waals surface area contributed by atoms with Gasteiger partial charge in [0.05, 0.1) is 60.9 Å². The van der Waals surface area contributed by atoms with Crippen molar-refractivity contribution in [3.8, 4) is 34.5 Å². The summed E-state index contributed by atoms with van der Waals surface area (Å²) in [6, 6.07) is 19.5. The molecule has 4 bridgehead atoms. The number of benzene rings is 2. The topological polar surface area (TPSA) is 189 Å². The first-order valence-electron chi connectivity index (χ1n) is 25.9. The molecule has 2 saturated heterocycles. The van der Waals surface area contributed by atoms with Gasteiger partial charge in [0.25, 0.3) is 11.8 Å². The number of imidazole rings is 2. The molecule has 8 aromatic rings. The molecular weight excluding hydrogens is 928 g/mol. The van der Waals surface area contributed by atoms with Crippen LogP contribution in [0.15, 0.2) is 66.9 Å². The summed E-state index contributed by atoms with van der Waals surface area (Å²) >= 11 is 0. The molecule has 17 nitrogen and oxygen atoms in total. The molecule has 5 fully saturated rings. The molecule has 2 aromatic carbocycles. The Bertz CT molecular complexity index is 3550. The summed E-state index contributed by atoms with van der Waals surface area (Å²) in [5.41, 5.74) is 12.8. The third kappa shape index (κ3) is 7.13. The molecule has 6 aromatic heterocycles. The minimum absolute atomic E-state index is 0.00347. The van der Waals surface area contributed by atoms with Gasteiger partial charge in [-0.2, -0.15) is 0 Å². The first kappa shape index (κ1) is 45.8. The molecule has 0 unspecified atom stereocenters. The van der Waals surface area contributed by atoms with Crippen molar-refractivity contribution in [1.82, 2.24) is 48.0 Å². The standard InChI is InChI=1S/C55H61FN12O5/c1-6-64-41(52-60-37-19-35(53(69)66-27-32-9-12-38(66)45(32)57)23-43(73-5)48(37)68(52)26-29-24-55(2,71)25-29)21-31-11-14-44(62-50(31)64)61-46-33-10-13-39(46)67(28-33)54(70)34-18-36-47(42(22-34)72-4)63(3)51(59-36)40-20-30-8-7-16-58-49(30)65(40)17-15-56/h7-8,11,14,16,18-23,29,32-33,38-39,45-46,71H,6,9-10,12-13,15,17,24-28,57H2,1-5H3,(H,61,62)/t29?,32-,33+,38-,39+,45-,46+,55?/m1/s1. The summed E-state index contributed by atoms with van der Waals surface area (Å²) in [4.78, 5) is 52.9. The zero-order valence-electron chi connectivity index (χ0n) is 41.9. The van der Waals surface area contributed by atoms with Crippen molar-refractivity contribution in [3.05, 3.63) is 78.0 Å². The van der Waals surface area contributed by atoms with E-state index >= 15 is 0 Å². The fourth-order valence-corrected chi connectivity index (χ4v) is 13.8. The number of amides is 2. The number of hydrogen-bond donors (Lipinski definition) is 3. The van der Waals surface area contributed by atoms with Crippen LogP contribution in [0.5, 0.6) is 11.5 Å². The number of alkyl halides is 1. The van der Waals surface area contributed by atoms with Gasteiger partial charge in [-0.3, -0.25) is 9.59 Å². The van der Waals surface area contributed by atoms with Gasteiger partial charge < -0.3 is 53.7 Å². The smallest absolute Gasteiger partial charge is 0.254 e. The van der Waals surface area contributed by atoms with Crippen molar-refractivity contribution in [1.29, 1.82) is 0 Å². The van der Waals surface area contributed by atoms with Crippen LogP contribution in [0.3, 0.4) is 0 Å². The molecule has 0 radical (unpaired) electrons. The lowest BCUT2D eigenvalue weighted by Gasteiger charge is -2.41. The van der Waals surface area contributed by atoms with E-state index in [1.54, 1.807) is 20.4 Å². The number of piperidine rings is 2. The number of anilines is 1. The number of nitrogens with zero attached hydrogens (tertiary/aromatic N) is 10. The first-order chi connectivity index (χ1) is 35.3. The van der Waals surface area contributed by atoms with Gasteiger partial charge in [0.15, 0.2) is 11.6 Å². The predicted molar refractivity (Wildman–Crippen MR) is 276 cm³/mol. The van der Waals surface area contributed by atoms with Crippen LogP contribution in [0.25, 0.3) is 67.2 Å². The number of nitrogens with one attached hydrogen (secondary N) is 1. The Balaban J connectivity index is 0.801. The summed E-state index contributed by atoms with van der Waals surface area (Å²) in [7, 11) is 5.15. The van der Waals surface area contributed by atoms with E-state index in [0.29, 0.717) is 90.1 Å². The van der Waals surface area contributed by atoms with E-state index in [1.807, 2.05) is 81.4 Å². The van der Waals surface area contributed by atoms with Crippen LogP contribution in [-0.4, -0.2) is 129 Å². The lowest BCUT2D eigenvalue weighted by Crippen LogP contribution is -2.42. The van der Waals surface area contributed by atoms with Crippen LogP contribution in [0.2, 0.25) is 0 Å². The average Bonchev–Trinajstić information content (AvgIpc) is 4.30. The van der Waals surface area contributed by atoms with E-state index < -0.39 is 12.3 Å². The second-order valence-electron chi connectivity index (χ2n) is 21.5.